The predicted octanol–water partition coefficient (Wildman–Crippen LogP) is 0.775. The minimum absolute atomic E-state index is 0.177. The molecule has 0 aliphatic carbocycles. The van der Waals surface area contributed by atoms with Crippen molar-refractivity contribution in [3.05, 3.63) is 29.3 Å². The molecule has 0 aromatic heterocycles. The van der Waals surface area contributed by atoms with Gasteiger partial charge in [0.2, 0.25) is 10.0 Å². The van der Waals surface area contributed by atoms with Gasteiger partial charge in [-0.15, -0.1) is 0 Å². The van der Waals surface area contributed by atoms with Crippen LogP contribution >= 0.6 is 0 Å². The molecular weight excluding hydrogens is 200 g/mol. The summed E-state index contributed by atoms with van der Waals surface area (Å²) in [7, 11) is -2.06. The number of nitrogens with zero attached hydrogens (tertiary/aromatic N) is 1. The molecule has 0 saturated heterocycles. The number of hydrogen-bond donors (Lipinski definition) is 1. The third-order valence-corrected chi connectivity index (χ3v) is 3.31. The highest BCUT2D eigenvalue weighted by Crippen LogP contribution is 2.14. The highest BCUT2D eigenvalue weighted by molar-refractivity contribution is 7.89. The second-order valence-electron chi connectivity index (χ2n) is 2.80. The molecular formula is C9H10N2O2S. The van der Waals surface area contributed by atoms with Gasteiger partial charge in [-0.3, -0.25) is 0 Å². The van der Waals surface area contributed by atoms with Crippen LogP contribution in [0.5, 0.6) is 0 Å². The molecule has 4 nitrogen and oxygen atoms in total. The Kier molecular flexibility index (Phi) is 2.89. The fraction of sp³-hybridized carbons (Fsp3) is 0.222. The molecule has 0 aliphatic rings. The van der Waals surface area contributed by atoms with E-state index >= 15 is 0 Å². The molecule has 0 heterocycles. The third-order valence-electron chi connectivity index (χ3n) is 1.90. The van der Waals surface area contributed by atoms with Gasteiger partial charge in [0.05, 0.1) is 16.5 Å². The molecule has 74 valence electrons. The van der Waals surface area contributed by atoms with E-state index in [0.717, 1.165) is 0 Å². The molecule has 5 heteroatoms. The molecule has 0 radical (unpaired) electrons. The molecule has 0 atom stereocenters. The molecule has 1 aromatic rings. The van der Waals surface area contributed by atoms with Crippen LogP contribution in [0.2, 0.25) is 0 Å². The van der Waals surface area contributed by atoms with Gasteiger partial charge < -0.3 is 0 Å². The van der Waals surface area contributed by atoms with Gasteiger partial charge in [-0.25, -0.2) is 13.1 Å². The van der Waals surface area contributed by atoms with Gasteiger partial charge in [0, 0.05) is 0 Å². The standard InChI is InChI=1S/C9H10N2O2S/c1-7-5-9(14(12,13)11-2)4-3-8(7)6-10/h3-5,11H,1-2H3. The summed E-state index contributed by atoms with van der Waals surface area (Å²) in [6.45, 7) is 1.70. The Hall–Kier alpha value is -1.38. The Morgan fingerprint density at radius 2 is 2.07 bits per heavy atom. The summed E-state index contributed by atoms with van der Waals surface area (Å²) < 4.78 is 24.9. The van der Waals surface area contributed by atoms with Crippen molar-refractivity contribution >= 4 is 10.0 Å². The minimum atomic E-state index is -3.41. The Balaban J connectivity index is 3.31. The predicted molar refractivity (Wildman–Crippen MR) is 52.1 cm³/mol. The van der Waals surface area contributed by atoms with E-state index in [1.807, 2.05) is 6.07 Å². The zero-order valence-corrected chi connectivity index (χ0v) is 8.72. The van der Waals surface area contributed by atoms with Crippen molar-refractivity contribution in [2.75, 3.05) is 7.05 Å². The first-order valence-electron chi connectivity index (χ1n) is 3.95. The monoisotopic (exact) mass is 210 g/mol. The second-order valence-corrected chi connectivity index (χ2v) is 4.68. The number of rotatable bonds is 2. The van der Waals surface area contributed by atoms with Gasteiger partial charge in [-0.1, -0.05) is 0 Å². The summed E-state index contributed by atoms with van der Waals surface area (Å²) in [6, 6.07) is 6.37. The maximum atomic E-state index is 11.4. The van der Waals surface area contributed by atoms with E-state index in [1.54, 1.807) is 6.92 Å². The van der Waals surface area contributed by atoms with Crippen molar-refractivity contribution in [3.8, 4) is 6.07 Å². The van der Waals surface area contributed by atoms with Crippen LogP contribution < -0.4 is 4.72 Å². The van der Waals surface area contributed by atoms with Gasteiger partial charge in [0.15, 0.2) is 0 Å². The number of sulfonamides is 1. The third kappa shape index (κ3) is 1.92. The molecule has 0 fully saturated rings. The smallest absolute Gasteiger partial charge is 0.214 e. The summed E-state index contributed by atoms with van der Waals surface area (Å²) in [4.78, 5) is 0.177. The van der Waals surface area contributed by atoms with Crippen molar-refractivity contribution in [1.82, 2.24) is 4.72 Å². The lowest BCUT2D eigenvalue weighted by atomic mass is 10.1. The SMILES string of the molecule is CNS(=O)(=O)c1ccc(C#N)c(C)c1. The average molecular weight is 210 g/mol. The molecule has 0 saturated carbocycles. The van der Waals surface area contributed by atoms with E-state index in [1.165, 1.54) is 25.2 Å². The average Bonchev–Trinajstić information content (AvgIpc) is 2.17. The number of nitrogens with one attached hydrogen (secondary N) is 1. The van der Waals surface area contributed by atoms with Crippen LogP contribution in [0.25, 0.3) is 0 Å². The van der Waals surface area contributed by atoms with Crippen molar-refractivity contribution in [3.63, 3.8) is 0 Å². The zero-order valence-electron chi connectivity index (χ0n) is 7.90. The van der Waals surface area contributed by atoms with Gasteiger partial charge in [-0.2, -0.15) is 5.26 Å². The lowest BCUT2D eigenvalue weighted by Gasteiger charge is -2.03. The van der Waals surface area contributed by atoms with Crippen LogP contribution in [0.4, 0.5) is 0 Å². The quantitative estimate of drug-likeness (QED) is 0.784. The van der Waals surface area contributed by atoms with Gasteiger partial charge in [0.25, 0.3) is 0 Å². The van der Waals surface area contributed by atoms with Crippen LogP contribution in [-0.2, 0) is 10.0 Å². The Labute approximate surface area is 83.2 Å². The molecule has 0 amide bonds. The fourth-order valence-corrected chi connectivity index (χ4v) is 1.86. The Morgan fingerprint density at radius 1 is 1.43 bits per heavy atom. The second kappa shape index (κ2) is 3.78. The minimum Gasteiger partial charge on any atom is -0.214 e. The van der Waals surface area contributed by atoms with E-state index in [0.29, 0.717) is 11.1 Å². The summed E-state index contributed by atoms with van der Waals surface area (Å²) >= 11 is 0. The van der Waals surface area contributed by atoms with Gasteiger partial charge >= 0.3 is 0 Å². The van der Waals surface area contributed by atoms with E-state index in [4.69, 9.17) is 5.26 Å². The number of hydrogen-bond acceptors (Lipinski definition) is 3. The molecule has 0 bridgehead atoms. The number of aryl methyl sites for hydroxylation is 1. The first-order chi connectivity index (χ1) is 6.51. The molecule has 1 N–H and O–H groups in total. The van der Waals surface area contributed by atoms with Crippen molar-refractivity contribution in [2.45, 2.75) is 11.8 Å². The summed E-state index contributed by atoms with van der Waals surface area (Å²) in [6.07, 6.45) is 0. The van der Waals surface area contributed by atoms with Gasteiger partial charge in [0.1, 0.15) is 0 Å². The van der Waals surface area contributed by atoms with E-state index in [-0.39, 0.29) is 4.90 Å². The molecule has 14 heavy (non-hydrogen) atoms. The molecule has 1 rings (SSSR count). The molecule has 1 aromatic carbocycles. The van der Waals surface area contributed by atoms with Crippen LogP contribution in [0, 0.1) is 18.3 Å². The van der Waals surface area contributed by atoms with E-state index < -0.39 is 10.0 Å². The zero-order chi connectivity index (χ0) is 10.8. The first-order valence-corrected chi connectivity index (χ1v) is 5.44. The molecule has 0 unspecified atom stereocenters. The first kappa shape index (κ1) is 10.7. The highest BCUT2D eigenvalue weighted by Gasteiger charge is 2.11. The lowest BCUT2D eigenvalue weighted by molar-refractivity contribution is 0.588. The van der Waals surface area contributed by atoms with Crippen molar-refractivity contribution in [1.29, 1.82) is 5.26 Å². The highest BCUT2D eigenvalue weighted by atomic mass is 32.2. The maximum Gasteiger partial charge on any atom is 0.240 e. The van der Waals surface area contributed by atoms with Crippen LogP contribution in [0.1, 0.15) is 11.1 Å². The van der Waals surface area contributed by atoms with Crippen molar-refractivity contribution < 1.29 is 8.42 Å². The maximum absolute atomic E-state index is 11.4. The Morgan fingerprint density at radius 3 is 2.50 bits per heavy atom. The summed E-state index contributed by atoms with van der Waals surface area (Å²) in [5.41, 5.74) is 1.14. The number of benzene rings is 1. The van der Waals surface area contributed by atoms with E-state index in [9.17, 15) is 8.42 Å². The topological polar surface area (TPSA) is 70.0 Å². The van der Waals surface area contributed by atoms with Crippen LogP contribution in [0.15, 0.2) is 23.1 Å². The molecule has 0 spiro atoms. The normalized spacial score (nSPS) is 10.9. The lowest BCUT2D eigenvalue weighted by Crippen LogP contribution is -2.18. The van der Waals surface area contributed by atoms with E-state index in [2.05, 4.69) is 4.72 Å². The number of nitriles is 1. The van der Waals surface area contributed by atoms with Crippen LogP contribution in [-0.4, -0.2) is 15.5 Å². The van der Waals surface area contributed by atoms with Crippen molar-refractivity contribution in [2.24, 2.45) is 0 Å². The fourth-order valence-electron chi connectivity index (χ4n) is 1.05. The summed E-state index contributed by atoms with van der Waals surface area (Å²) in [5.74, 6) is 0. The molecule has 0 aliphatic heterocycles. The van der Waals surface area contributed by atoms with Gasteiger partial charge in [-0.05, 0) is 37.7 Å². The Bertz CT molecular complexity index is 486. The van der Waals surface area contributed by atoms with Crippen LogP contribution in [0.3, 0.4) is 0 Å². The summed E-state index contributed by atoms with van der Waals surface area (Å²) in [5, 5.41) is 8.65. The largest absolute Gasteiger partial charge is 0.240 e.